The predicted molar refractivity (Wildman–Crippen MR) is 106 cm³/mol. The molecular weight excluding hydrogens is 436 g/mol. The summed E-state index contributed by atoms with van der Waals surface area (Å²) in [6.45, 7) is 2.19. The standard InChI is InChI=1S/C17H20N4O9S/c1-7-3-9-10(4-8(7)2)21(15-13(18-9)16(25)20-17(26)19-15)5-11(22)14(24)12(23)6-30-31(27,28)29/h3-4,11-12,14,22-24H,5-6H2,1-2H3,(H,20,25,26)(H,27,28,29)/t11-,12+,14-/m1/s1. The van der Waals surface area contributed by atoms with Gasteiger partial charge in [0.2, 0.25) is 0 Å². The van der Waals surface area contributed by atoms with Gasteiger partial charge in [0.25, 0.3) is 5.56 Å². The monoisotopic (exact) mass is 456 g/mol. The van der Waals surface area contributed by atoms with Crippen LogP contribution >= 0.6 is 0 Å². The first-order valence-corrected chi connectivity index (χ1v) is 10.3. The van der Waals surface area contributed by atoms with Gasteiger partial charge in [0.05, 0.1) is 24.2 Å². The van der Waals surface area contributed by atoms with E-state index in [2.05, 4.69) is 14.2 Å². The van der Waals surface area contributed by atoms with Crippen LogP contribution in [0.3, 0.4) is 0 Å². The van der Waals surface area contributed by atoms with E-state index >= 15 is 0 Å². The molecule has 14 heteroatoms. The zero-order valence-corrected chi connectivity index (χ0v) is 17.2. The normalized spacial score (nSPS) is 15.3. The summed E-state index contributed by atoms with van der Waals surface area (Å²) < 4.78 is 35.1. The molecule has 0 spiro atoms. The fourth-order valence-electron chi connectivity index (χ4n) is 3.04. The zero-order valence-electron chi connectivity index (χ0n) is 16.4. The predicted octanol–water partition coefficient (Wildman–Crippen LogP) is -1.90. The van der Waals surface area contributed by atoms with Crippen molar-refractivity contribution in [2.24, 2.45) is 0 Å². The SMILES string of the molecule is Cc1cc2nc3c(=O)[nH]c(=O)nc-3n(C[C@@H](O)[C@@H](O)[C@@H](O)COS(=O)(=O)O)c2cc1C. The maximum atomic E-state index is 12.2. The Morgan fingerprint density at radius 2 is 1.74 bits per heavy atom. The molecular formula is C17H20N4O9S. The second-order valence-electron chi connectivity index (χ2n) is 7.03. The molecule has 5 N–H and O–H groups in total. The van der Waals surface area contributed by atoms with Crippen molar-refractivity contribution in [2.45, 2.75) is 38.7 Å². The molecule has 1 aromatic carbocycles. The summed E-state index contributed by atoms with van der Waals surface area (Å²) in [5, 5.41) is 30.5. The maximum absolute atomic E-state index is 12.2. The lowest BCUT2D eigenvalue weighted by molar-refractivity contribution is -0.0771. The van der Waals surface area contributed by atoms with E-state index < -0.39 is 53.1 Å². The molecule has 0 bridgehead atoms. The molecule has 0 fully saturated rings. The third-order valence-corrected chi connectivity index (χ3v) is 5.20. The van der Waals surface area contributed by atoms with E-state index in [1.54, 1.807) is 12.1 Å². The molecule has 0 amide bonds. The summed E-state index contributed by atoms with van der Waals surface area (Å²) in [6.07, 6.45) is -5.50. The van der Waals surface area contributed by atoms with Crippen LogP contribution < -0.4 is 11.2 Å². The number of rotatable bonds is 7. The molecule has 3 atom stereocenters. The number of nitrogens with one attached hydrogen (secondary N) is 1. The summed E-state index contributed by atoms with van der Waals surface area (Å²) in [4.78, 5) is 34.0. The first-order valence-electron chi connectivity index (χ1n) is 8.95. The highest BCUT2D eigenvalue weighted by Gasteiger charge is 2.29. The van der Waals surface area contributed by atoms with E-state index in [0.29, 0.717) is 11.0 Å². The van der Waals surface area contributed by atoms with Crippen molar-refractivity contribution in [1.29, 1.82) is 0 Å². The number of fused-ring (bicyclic) bond motifs is 2. The molecule has 0 aliphatic carbocycles. The van der Waals surface area contributed by atoms with Crippen LogP contribution in [0.5, 0.6) is 0 Å². The van der Waals surface area contributed by atoms with Gasteiger partial charge in [-0.3, -0.25) is 14.3 Å². The van der Waals surface area contributed by atoms with Crippen molar-refractivity contribution in [3.63, 3.8) is 0 Å². The van der Waals surface area contributed by atoms with Crippen molar-refractivity contribution in [3.05, 3.63) is 44.1 Å². The second-order valence-corrected chi connectivity index (χ2v) is 8.12. The third kappa shape index (κ3) is 4.95. The quantitative estimate of drug-likeness (QED) is 0.196. The molecule has 0 aromatic heterocycles. The highest BCUT2D eigenvalue weighted by Crippen LogP contribution is 2.24. The number of aromatic nitrogens is 4. The molecule has 0 radical (unpaired) electrons. The molecule has 31 heavy (non-hydrogen) atoms. The van der Waals surface area contributed by atoms with Crippen LogP contribution in [0, 0.1) is 13.8 Å². The van der Waals surface area contributed by atoms with Gasteiger partial charge in [-0.1, -0.05) is 0 Å². The summed E-state index contributed by atoms with van der Waals surface area (Å²) in [7, 11) is -4.86. The molecule has 2 heterocycles. The van der Waals surface area contributed by atoms with E-state index in [-0.39, 0.29) is 11.5 Å². The fourth-order valence-corrected chi connectivity index (χ4v) is 3.35. The van der Waals surface area contributed by atoms with Gasteiger partial charge >= 0.3 is 16.1 Å². The van der Waals surface area contributed by atoms with E-state index in [1.807, 2.05) is 18.8 Å². The number of hydrogen-bond acceptors (Lipinski definition) is 10. The minimum atomic E-state index is -4.86. The minimum absolute atomic E-state index is 0.153. The number of aliphatic hydroxyl groups is 3. The number of hydrogen-bond donors (Lipinski definition) is 5. The molecule has 13 nitrogen and oxygen atoms in total. The largest absolute Gasteiger partial charge is 0.397 e. The summed E-state index contributed by atoms with van der Waals surface area (Å²) in [6, 6.07) is 3.39. The Hall–Kier alpha value is -2.75. The Bertz CT molecular complexity index is 1320. The van der Waals surface area contributed by atoms with Crippen LogP contribution in [0.25, 0.3) is 22.6 Å². The van der Waals surface area contributed by atoms with E-state index in [9.17, 15) is 33.3 Å². The van der Waals surface area contributed by atoms with Crippen LogP contribution in [0.4, 0.5) is 0 Å². The van der Waals surface area contributed by atoms with Crippen molar-refractivity contribution in [1.82, 2.24) is 19.5 Å². The molecule has 0 saturated carbocycles. The molecule has 2 aliphatic heterocycles. The highest BCUT2D eigenvalue weighted by atomic mass is 32.3. The van der Waals surface area contributed by atoms with Crippen LogP contribution in [-0.2, 0) is 21.1 Å². The van der Waals surface area contributed by atoms with Gasteiger partial charge in [0.1, 0.15) is 18.3 Å². The van der Waals surface area contributed by atoms with Gasteiger partial charge in [-0.15, -0.1) is 0 Å². The minimum Gasteiger partial charge on any atom is -0.388 e. The van der Waals surface area contributed by atoms with Gasteiger partial charge < -0.3 is 19.9 Å². The summed E-state index contributed by atoms with van der Waals surface area (Å²) in [5.74, 6) is -0.153. The highest BCUT2D eigenvalue weighted by molar-refractivity contribution is 7.80. The first kappa shape index (κ1) is 22.9. The average Bonchev–Trinajstić information content (AvgIpc) is 2.67. The van der Waals surface area contributed by atoms with Crippen molar-refractivity contribution < 1.29 is 32.5 Å². The molecule has 168 valence electrons. The third-order valence-electron chi connectivity index (χ3n) is 4.77. The number of nitrogens with zero attached hydrogens (tertiary/aromatic N) is 3. The molecule has 0 saturated heterocycles. The fraction of sp³-hybridized carbons (Fsp3) is 0.412. The summed E-state index contributed by atoms with van der Waals surface area (Å²) >= 11 is 0. The van der Waals surface area contributed by atoms with E-state index in [4.69, 9.17) is 4.55 Å². The molecule has 2 aliphatic rings. The lowest BCUT2D eigenvalue weighted by Crippen LogP contribution is -2.43. The first-order chi connectivity index (χ1) is 14.4. The van der Waals surface area contributed by atoms with Crippen molar-refractivity contribution >= 4 is 21.4 Å². The van der Waals surface area contributed by atoms with Gasteiger partial charge in [-0.25, -0.2) is 14.0 Å². The Labute approximate surface area is 174 Å². The van der Waals surface area contributed by atoms with Crippen LogP contribution in [0.2, 0.25) is 0 Å². The number of benzene rings is 1. The van der Waals surface area contributed by atoms with Gasteiger partial charge in [-0.2, -0.15) is 13.4 Å². The van der Waals surface area contributed by atoms with Crippen molar-refractivity contribution in [3.8, 4) is 11.5 Å². The van der Waals surface area contributed by atoms with E-state index in [1.165, 1.54) is 4.57 Å². The van der Waals surface area contributed by atoms with Gasteiger partial charge in [0, 0.05) is 0 Å². The van der Waals surface area contributed by atoms with Gasteiger partial charge in [-0.05, 0) is 37.1 Å². The van der Waals surface area contributed by atoms with Crippen LogP contribution in [-0.4, -0.2) is 72.7 Å². The Morgan fingerprint density at radius 1 is 1.10 bits per heavy atom. The Kier molecular flexibility index (Phi) is 6.22. The lowest BCUT2D eigenvalue weighted by atomic mass is 10.1. The zero-order chi connectivity index (χ0) is 23.1. The van der Waals surface area contributed by atoms with Crippen LogP contribution in [0.1, 0.15) is 11.1 Å². The molecule has 3 rings (SSSR count). The number of H-pyrrole nitrogens is 1. The van der Waals surface area contributed by atoms with Crippen LogP contribution in [0.15, 0.2) is 21.7 Å². The Balaban J connectivity index is 2.07. The van der Waals surface area contributed by atoms with E-state index in [0.717, 1.165) is 11.1 Å². The smallest absolute Gasteiger partial charge is 0.388 e. The average molecular weight is 456 g/mol. The second kappa shape index (κ2) is 8.41. The van der Waals surface area contributed by atoms with Gasteiger partial charge in [0.15, 0.2) is 11.5 Å². The maximum Gasteiger partial charge on any atom is 0.397 e. The number of aliphatic hydroxyl groups excluding tert-OH is 3. The Morgan fingerprint density at radius 3 is 2.39 bits per heavy atom. The molecule has 1 aromatic rings. The summed E-state index contributed by atoms with van der Waals surface area (Å²) in [5.41, 5.74) is 0.558. The molecule has 0 unspecified atom stereocenters. The lowest BCUT2D eigenvalue weighted by Gasteiger charge is -2.25. The number of aromatic amines is 1. The topological polar surface area (TPSA) is 205 Å². The van der Waals surface area contributed by atoms with Crippen molar-refractivity contribution in [2.75, 3.05) is 6.61 Å². The number of aryl methyl sites for hydroxylation is 2.